The van der Waals surface area contributed by atoms with E-state index < -0.39 is 11.7 Å². The second-order valence-electron chi connectivity index (χ2n) is 7.78. The summed E-state index contributed by atoms with van der Waals surface area (Å²) in [4.78, 5) is 14.3. The van der Waals surface area contributed by atoms with E-state index in [-0.39, 0.29) is 19.1 Å². The van der Waals surface area contributed by atoms with Crippen LogP contribution in [-0.4, -0.2) is 45.3 Å². The molecule has 0 saturated heterocycles. The molecule has 0 unspecified atom stereocenters. The van der Waals surface area contributed by atoms with Gasteiger partial charge >= 0.3 is 6.18 Å². The zero-order valence-corrected chi connectivity index (χ0v) is 17.9. The van der Waals surface area contributed by atoms with Crippen molar-refractivity contribution in [1.29, 1.82) is 0 Å². The molecule has 0 radical (unpaired) electrons. The van der Waals surface area contributed by atoms with Gasteiger partial charge in [-0.1, -0.05) is 30.3 Å². The molecule has 10 heteroatoms. The first kappa shape index (κ1) is 22.8. The number of aromatic nitrogens is 3. The highest BCUT2D eigenvalue weighted by Gasteiger charge is 2.30. The number of benzene rings is 2. The zero-order chi connectivity index (χ0) is 23.3. The Hall–Kier alpha value is -3.40. The minimum atomic E-state index is -4.33. The quantitative estimate of drug-likeness (QED) is 0.588. The highest BCUT2D eigenvalue weighted by atomic mass is 19.4. The molecule has 0 spiro atoms. The number of ether oxygens (including phenoxy) is 1. The van der Waals surface area contributed by atoms with E-state index in [4.69, 9.17) is 4.74 Å². The molecule has 0 saturated carbocycles. The van der Waals surface area contributed by atoms with Crippen molar-refractivity contribution < 1.29 is 22.7 Å². The Bertz CT molecular complexity index is 1070. The highest BCUT2D eigenvalue weighted by molar-refractivity contribution is 5.77. The van der Waals surface area contributed by atoms with Gasteiger partial charge in [0.05, 0.1) is 12.1 Å². The molecule has 3 aromatic rings. The van der Waals surface area contributed by atoms with Crippen LogP contribution in [0.1, 0.15) is 22.8 Å². The maximum Gasteiger partial charge on any atom is 0.416 e. The molecule has 33 heavy (non-hydrogen) atoms. The van der Waals surface area contributed by atoms with Gasteiger partial charge in [-0.25, -0.2) is 0 Å². The predicted molar refractivity (Wildman–Crippen MR) is 114 cm³/mol. The van der Waals surface area contributed by atoms with Crippen LogP contribution in [0.3, 0.4) is 0 Å². The molecule has 4 rings (SSSR count). The summed E-state index contributed by atoms with van der Waals surface area (Å²) in [7, 11) is 0. The molecule has 0 aliphatic carbocycles. The van der Waals surface area contributed by atoms with E-state index in [2.05, 4.69) is 20.4 Å². The summed E-state index contributed by atoms with van der Waals surface area (Å²) in [6, 6.07) is 14.4. The van der Waals surface area contributed by atoms with Crippen LogP contribution >= 0.6 is 0 Å². The molecule has 1 aromatic heterocycles. The van der Waals surface area contributed by atoms with Gasteiger partial charge in [0.15, 0.2) is 12.4 Å². The minimum Gasteiger partial charge on any atom is -0.484 e. The maximum absolute atomic E-state index is 12.8. The molecule has 1 amide bonds. The number of carbonyl (C=O) groups is 1. The lowest BCUT2D eigenvalue weighted by Gasteiger charge is -2.20. The topological polar surface area (TPSA) is 72.3 Å². The molecule has 174 valence electrons. The smallest absolute Gasteiger partial charge is 0.416 e. The van der Waals surface area contributed by atoms with Crippen LogP contribution in [0.15, 0.2) is 54.6 Å². The number of halogens is 3. The third-order valence-corrected chi connectivity index (χ3v) is 5.44. The van der Waals surface area contributed by atoms with Crippen LogP contribution in [0, 0.1) is 0 Å². The minimum absolute atomic E-state index is 0.0914. The van der Waals surface area contributed by atoms with E-state index in [1.165, 1.54) is 12.1 Å². The van der Waals surface area contributed by atoms with E-state index in [1.54, 1.807) is 12.1 Å². The van der Waals surface area contributed by atoms with Gasteiger partial charge in [0.25, 0.3) is 5.91 Å². The van der Waals surface area contributed by atoms with Crippen LogP contribution in [0.25, 0.3) is 0 Å². The lowest BCUT2D eigenvalue weighted by atomic mass is 10.1. The number of para-hydroxylation sites is 1. The number of carbonyl (C=O) groups excluding carboxylic acids is 1. The molecular weight excluding hydrogens is 435 g/mol. The number of alkyl halides is 3. The summed E-state index contributed by atoms with van der Waals surface area (Å²) >= 11 is 0. The van der Waals surface area contributed by atoms with Gasteiger partial charge in [-0.2, -0.15) is 13.2 Å². The summed E-state index contributed by atoms with van der Waals surface area (Å²) in [6.45, 7) is 2.75. The van der Waals surface area contributed by atoms with Crippen molar-refractivity contribution in [2.45, 2.75) is 32.2 Å². The first-order valence-corrected chi connectivity index (χ1v) is 10.6. The van der Waals surface area contributed by atoms with E-state index in [9.17, 15) is 18.0 Å². The van der Waals surface area contributed by atoms with Gasteiger partial charge in [0.1, 0.15) is 11.6 Å². The first-order valence-electron chi connectivity index (χ1n) is 10.6. The Morgan fingerprint density at radius 3 is 2.48 bits per heavy atom. The standard InChI is InChI=1S/C23H24F3N5O2/c24-23(25,26)18-8-6-17(7-9-18)15-30-11-10-20-28-29-21(31(20)13-12-30)14-27-22(32)16-33-19-4-2-1-3-5-19/h1-9H,10-16H2,(H,27,32). The van der Waals surface area contributed by atoms with Crippen molar-refractivity contribution in [1.82, 2.24) is 25.0 Å². The largest absolute Gasteiger partial charge is 0.484 e. The van der Waals surface area contributed by atoms with E-state index in [0.29, 0.717) is 37.6 Å². The molecule has 1 N–H and O–H groups in total. The number of hydrogen-bond donors (Lipinski definition) is 1. The third-order valence-electron chi connectivity index (χ3n) is 5.44. The second kappa shape index (κ2) is 10.0. The molecule has 1 aliphatic heterocycles. The van der Waals surface area contributed by atoms with Gasteiger partial charge < -0.3 is 14.6 Å². The average Bonchev–Trinajstić information content (AvgIpc) is 3.09. The van der Waals surface area contributed by atoms with Crippen LogP contribution in [0.4, 0.5) is 13.2 Å². The number of rotatable bonds is 7. The van der Waals surface area contributed by atoms with Crippen molar-refractivity contribution in [3.63, 3.8) is 0 Å². The molecule has 2 aromatic carbocycles. The SMILES string of the molecule is O=C(COc1ccccc1)NCc1nnc2n1CCN(Cc1ccc(C(F)(F)F)cc1)CC2. The first-order chi connectivity index (χ1) is 15.9. The van der Waals surface area contributed by atoms with Gasteiger partial charge in [-0.3, -0.25) is 9.69 Å². The maximum atomic E-state index is 12.8. The van der Waals surface area contributed by atoms with E-state index in [1.807, 2.05) is 22.8 Å². The van der Waals surface area contributed by atoms with Gasteiger partial charge in [-0.15, -0.1) is 10.2 Å². The number of hydrogen-bond acceptors (Lipinski definition) is 5. The van der Waals surface area contributed by atoms with Crippen molar-refractivity contribution in [3.05, 3.63) is 77.4 Å². The summed E-state index contributed by atoms with van der Waals surface area (Å²) in [5.74, 6) is 1.86. The number of amides is 1. The highest BCUT2D eigenvalue weighted by Crippen LogP contribution is 2.29. The Kier molecular flexibility index (Phi) is 6.93. The summed E-state index contributed by atoms with van der Waals surface area (Å²) < 4.78 is 45.7. The second-order valence-corrected chi connectivity index (χ2v) is 7.78. The fraction of sp³-hybridized carbons (Fsp3) is 0.348. The number of nitrogens with one attached hydrogen (secondary N) is 1. The normalized spacial score (nSPS) is 14.4. The fourth-order valence-corrected chi connectivity index (χ4v) is 3.67. The van der Waals surface area contributed by atoms with Crippen LogP contribution in [0.2, 0.25) is 0 Å². The fourth-order valence-electron chi connectivity index (χ4n) is 3.67. The molecular formula is C23H24F3N5O2. The van der Waals surface area contributed by atoms with Gasteiger partial charge in [0.2, 0.25) is 0 Å². The predicted octanol–water partition coefficient (Wildman–Crippen LogP) is 3.05. The Balaban J connectivity index is 1.28. The van der Waals surface area contributed by atoms with Crippen molar-refractivity contribution in [2.24, 2.45) is 0 Å². The van der Waals surface area contributed by atoms with Crippen molar-refractivity contribution in [2.75, 3.05) is 19.7 Å². The Labute approximate surface area is 189 Å². The van der Waals surface area contributed by atoms with E-state index >= 15 is 0 Å². The average molecular weight is 459 g/mol. The lowest BCUT2D eigenvalue weighted by molar-refractivity contribution is -0.137. The Morgan fingerprint density at radius 1 is 1.00 bits per heavy atom. The third kappa shape index (κ3) is 6.10. The molecule has 0 atom stereocenters. The molecule has 0 fully saturated rings. The van der Waals surface area contributed by atoms with Gasteiger partial charge in [0, 0.05) is 32.6 Å². The van der Waals surface area contributed by atoms with Crippen molar-refractivity contribution in [3.8, 4) is 5.75 Å². The lowest BCUT2D eigenvalue weighted by Crippen LogP contribution is -2.30. The van der Waals surface area contributed by atoms with Crippen molar-refractivity contribution >= 4 is 5.91 Å². The zero-order valence-electron chi connectivity index (χ0n) is 17.9. The number of nitrogens with zero attached hydrogens (tertiary/aromatic N) is 4. The Morgan fingerprint density at radius 2 is 1.76 bits per heavy atom. The summed E-state index contributed by atoms with van der Waals surface area (Å²) in [5, 5.41) is 11.3. The van der Waals surface area contributed by atoms with Crippen LogP contribution in [0.5, 0.6) is 5.75 Å². The molecule has 1 aliphatic rings. The summed E-state index contributed by atoms with van der Waals surface area (Å²) in [6.07, 6.45) is -3.67. The van der Waals surface area contributed by atoms with Gasteiger partial charge in [-0.05, 0) is 29.8 Å². The van der Waals surface area contributed by atoms with E-state index in [0.717, 1.165) is 30.1 Å². The monoisotopic (exact) mass is 459 g/mol. The molecule has 2 heterocycles. The molecule has 0 bridgehead atoms. The summed E-state index contributed by atoms with van der Waals surface area (Å²) in [5.41, 5.74) is 0.181. The molecule has 7 nitrogen and oxygen atoms in total. The van der Waals surface area contributed by atoms with Crippen LogP contribution < -0.4 is 10.1 Å². The number of fused-ring (bicyclic) bond motifs is 1. The van der Waals surface area contributed by atoms with Crippen LogP contribution in [-0.2, 0) is 37.0 Å².